The van der Waals surface area contributed by atoms with Gasteiger partial charge in [-0.2, -0.15) is 0 Å². The molecule has 1 amide bonds. The van der Waals surface area contributed by atoms with Crippen molar-refractivity contribution in [3.8, 4) is 0 Å². The maximum Gasteiger partial charge on any atom is 0.271 e. The Bertz CT molecular complexity index is 1290. The number of thiophene rings is 1. The minimum atomic E-state index is -3.59. The first kappa shape index (κ1) is 21.8. The first-order valence-corrected chi connectivity index (χ1v) is 12.3. The molecule has 0 atom stereocenters. The van der Waals surface area contributed by atoms with Crippen LogP contribution in [0.5, 0.6) is 0 Å². The molecule has 2 N–H and O–H groups in total. The molecular formula is C23H22N4O3S2. The molecule has 2 heterocycles. The van der Waals surface area contributed by atoms with Crippen LogP contribution in [-0.2, 0) is 27.8 Å². The van der Waals surface area contributed by atoms with Gasteiger partial charge < -0.3 is 9.88 Å². The van der Waals surface area contributed by atoms with Crippen LogP contribution in [0.1, 0.15) is 17.0 Å². The number of hydrogen-bond donors (Lipinski definition) is 2. The van der Waals surface area contributed by atoms with Crippen LogP contribution in [0.3, 0.4) is 0 Å². The molecule has 32 heavy (non-hydrogen) atoms. The largest absolute Gasteiger partial charge is 0.331 e. The molecule has 0 unspecified atom stereocenters. The summed E-state index contributed by atoms with van der Waals surface area (Å²) in [7, 11) is -3.59. The third kappa shape index (κ3) is 5.43. The number of hydrogen-bond acceptors (Lipinski definition) is 5. The number of amides is 1. The zero-order valence-electron chi connectivity index (χ0n) is 17.4. The fourth-order valence-electron chi connectivity index (χ4n) is 3.16. The molecule has 4 aromatic rings. The summed E-state index contributed by atoms with van der Waals surface area (Å²) in [5, 5.41) is 4.60. The molecule has 164 valence electrons. The Hall–Kier alpha value is -3.43. The van der Waals surface area contributed by atoms with Crippen molar-refractivity contribution in [3.05, 3.63) is 95.4 Å². The maximum atomic E-state index is 12.4. The third-order valence-electron chi connectivity index (χ3n) is 4.85. The number of sulfonamides is 1. The molecule has 2 aromatic carbocycles. The lowest BCUT2D eigenvalue weighted by atomic mass is 10.1. The number of nitrogens with one attached hydrogen (secondary N) is 2. The third-order valence-corrected chi connectivity index (χ3v) is 7.62. The smallest absolute Gasteiger partial charge is 0.271 e. The van der Waals surface area contributed by atoms with Gasteiger partial charge in [-0.3, -0.25) is 9.52 Å². The Morgan fingerprint density at radius 1 is 1.00 bits per heavy atom. The molecular weight excluding hydrogens is 444 g/mol. The van der Waals surface area contributed by atoms with E-state index in [0.717, 1.165) is 40.5 Å². The van der Waals surface area contributed by atoms with Crippen molar-refractivity contribution in [1.29, 1.82) is 0 Å². The highest BCUT2D eigenvalue weighted by atomic mass is 32.2. The Balaban J connectivity index is 1.31. The van der Waals surface area contributed by atoms with Gasteiger partial charge in [0.25, 0.3) is 10.0 Å². The van der Waals surface area contributed by atoms with Crippen LogP contribution in [0.15, 0.2) is 82.6 Å². The molecule has 4 rings (SSSR count). The van der Waals surface area contributed by atoms with Crippen molar-refractivity contribution in [2.24, 2.45) is 0 Å². The van der Waals surface area contributed by atoms with Crippen molar-refractivity contribution in [2.45, 2.75) is 24.1 Å². The zero-order valence-corrected chi connectivity index (χ0v) is 19.0. The standard InChI is InChI=1S/C23H22N4O3S2/c1-17-24-12-13-27(17)16-19-6-8-20(9-7-19)25-22(28)15-18-4-10-21(11-5-18)26-32(29,30)23-3-2-14-31-23/h2-14,26H,15-16H2,1H3,(H,25,28). The summed E-state index contributed by atoms with van der Waals surface area (Å²) >= 11 is 1.16. The summed E-state index contributed by atoms with van der Waals surface area (Å²) in [4.78, 5) is 16.6. The average Bonchev–Trinajstić information content (AvgIpc) is 3.44. The summed E-state index contributed by atoms with van der Waals surface area (Å²) in [6.07, 6.45) is 3.90. The number of anilines is 2. The molecule has 0 bridgehead atoms. The van der Waals surface area contributed by atoms with E-state index < -0.39 is 10.0 Å². The summed E-state index contributed by atoms with van der Waals surface area (Å²) in [6.45, 7) is 2.68. The highest BCUT2D eigenvalue weighted by Crippen LogP contribution is 2.21. The van der Waals surface area contributed by atoms with Gasteiger partial charge in [0.05, 0.1) is 6.42 Å². The van der Waals surface area contributed by atoms with E-state index in [1.54, 1.807) is 48.0 Å². The van der Waals surface area contributed by atoms with Gasteiger partial charge in [-0.05, 0) is 53.8 Å². The van der Waals surface area contributed by atoms with Gasteiger partial charge in [0.1, 0.15) is 10.0 Å². The zero-order chi connectivity index (χ0) is 22.6. The van der Waals surface area contributed by atoms with Crippen LogP contribution < -0.4 is 10.0 Å². The van der Waals surface area contributed by atoms with Crippen molar-refractivity contribution in [1.82, 2.24) is 9.55 Å². The Morgan fingerprint density at radius 2 is 1.69 bits per heavy atom. The van der Waals surface area contributed by atoms with Gasteiger partial charge in [-0.15, -0.1) is 11.3 Å². The lowest BCUT2D eigenvalue weighted by molar-refractivity contribution is -0.115. The van der Waals surface area contributed by atoms with E-state index in [1.165, 1.54) is 0 Å². The Kier molecular flexibility index (Phi) is 6.38. The number of rotatable bonds is 8. The first-order chi connectivity index (χ1) is 15.4. The average molecular weight is 467 g/mol. The van der Waals surface area contributed by atoms with Gasteiger partial charge in [0.15, 0.2) is 0 Å². The second kappa shape index (κ2) is 9.37. The number of benzene rings is 2. The molecule has 7 nitrogen and oxygen atoms in total. The van der Waals surface area contributed by atoms with Crippen LogP contribution in [0.2, 0.25) is 0 Å². The maximum absolute atomic E-state index is 12.4. The van der Waals surface area contributed by atoms with Gasteiger partial charge >= 0.3 is 0 Å². The minimum Gasteiger partial charge on any atom is -0.331 e. The number of carbonyl (C=O) groups is 1. The van der Waals surface area contributed by atoms with E-state index in [2.05, 4.69) is 19.6 Å². The van der Waals surface area contributed by atoms with Crippen molar-refractivity contribution < 1.29 is 13.2 Å². The second-order valence-corrected chi connectivity index (χ2v) is 10.1. The predicted octanol–water partition coefficient (Wildman–Crippen LogP) is 4.28. The molecule has 0 fully saturated rings. The van der Waals surface area contributed by atoms with Crippen LogP contribution in [-0.4, -0.2) is 23.9 Å². The molecule has 0 aliphatic heterocycles. The van der Waals surface area contributed by atoms with Crippen LogP contribution in [0.25, 0.3) is 0 Å². The molecule has 9 heteroatoms. The molecule has 0 saturated heterocycles. The number of carbonyl (C=O) groups excluding carboxylic acids is 1. The summed E-state index contributed by atoms with van der Waals surface area (Å²) in [5.74, 6) is 0.808. The van der Waals surface area contributed by atoms with Crippen molar-refractivity contribution in [3.63, 3.8) is 0 Å². The van der Waals surface area contributed by atoms with Gasteiger partial charge in [-0.1, -0.05) is 30.3 Å². The SMILES string of the molecule is Cc1nccn1Cc1ccc(NC(=O)Cc2ccc(NS(=O)(=O)c3cccs3)cc2)cc1. The lowest BCUT2D eigenvalue weighted by Crippen LogP contribution is -2.15. The summed E-state index contributed by atoms with van der Waals surface area (Å²) in [6, 6.07) is 17.7. The topological polar surface area (TPSA) is 93.1 Å². The van der Waals surface area contributed by atoms with Crippen LogP contribution >= 0.6 is 11.3 Å². The Morgan fingerprint density at radius 3 is 2.31 bits per heavy atom. The van der Waals surface area contributed by atoms with E-state index in [1.807, 2.05) is 37.4 Å². The quantitative estimate of drug-likeness (QED) is 0.405. The van der Waals surface area contributed by atoms with E-state index in [0.29, 0.717) is 5.69 Å². The number of aryl methyl sites for hydroxylation is 1. The van der Waals surface area contributed by atoms with E-state index >= 15 is 0 Å². The van der Waals surface area contributed by atoms with Gasteiger partial charge in [0, 0.05) is 30.3 Å². The van der Waals surface area contributed by atoms with Crippen molar-refractivity contribution >= 4 is 38.6 Å². The van der Waals surface area contributed by atoms with Crippen LogP contribution in [0, 0.1) is 6.92 Å². The van der Waals surface area contributed by atoms with E-state index in [4.69, 9.17) is 0 Å². The summed E-state index contributed by atoms with van der Waals surface area (Å²) in [5.41, 5.74) is 3.08. The molecule has 0 spiro atoms. The highest BCUT2D eigenvalue weighted by Gasteiger charge is 2.15. The van der Waals surface area contributed by atoms with E-state index in [-0.39, 0.29) is 16.5 Å². The van der Waals surface area contributed by atoms with Crippen molar-refractivity contribution in [2.75, 3.05) is 10.0 Å². The molecule has 0 aliphatic rings. The molecule has 0 radical (unpaired) electrons. The fourth-order valence-corrected chi connectivity index (χ4v) is 5.22. The number of nitrogens with zero attached hydrogens (tertiary/aromatic N) is 2. The predicted molar refractivity (Wildman–Crippen MR) is 126 cm³/mol. The normalized spacial score (nSPS) is 11.3. The second-order valence-electron chi connectivity index (χ2n) is 7.26. The molecule has 0 saturated carbocycles. The molecule has 2 aromatic heterocycles. The Labute approximate surface area is 190 Å². The monoisotopic (exact) mass is 466 g/mol. The lowest BCUT2D eigenvalue weighted by Gasteiger charge is -2.09. The highest BCUT2D eigenvalue weighted by molar-refractivity contribution is 7.94. The summed E-state index contributed by atoms with van der Waals surface area (Å²) < 4.78 is 29.4. The number of imidazole rings is 1. The first-order valence-electron chi connectivity index (χ1n) is 9.91. The molecule has 0 aliphatic carbocycles. The minimum absolute atomic E-state index is 0.143. The van der Waals surface area contributed by atoms with Gasteiger partial charge in [-0.25, -0.2) is 13.4 Å². The van der Waals surface area contributed by atoms with Crippen LogP contribution in [0.4, 0.5) is 11.4 Å². The van der Waals surface area contributed by atoms with Gasteiger partial charge in [0.2, 0.25) is 5.91 Å². The van der Waals surface area contributed by atoms with E-state index in [9.17, 15) is 13.2 Å². The fraction of sp³-hybridized carbons (Fsp3) is 0.130. The number of aromatic nitrogens is 2.